The van der Waals surface area contributed by atoms with Gasteiger partial charge >= 0.3 is 6.03 Å². The van der Waals surface area contributed by atoms with Crippen LogP contribution in [0.25, 0.3) is 0 Å². The van der Waals surface area contributed by atoms with Gasteiger partial charge in [-0.25, -0.2) is 13.2 Å². The molecule has 0 aromatic heterocycles. The molecular formula is C18H25ClN2O5S. The number of phenols is 1. The fraction of sp³-hybridized carbons (Fsp3) is 0.500. The van der Waals surface area contributed by atoms with Gasteiger partial charge in [0.15, 0.2) is 15.6 Å². The molecule has 3 N–H and O–H groups in total. The van der Waals surface area contributed by atoms with E-state index in [4.69, 9.17) is 16.3 Å². The van der Waals surface area contributed by atoms with Crippen molar-refractivity contribution in [1.82, 2.24) is 5.32 Å². The summed E-state index contributed by atoms with van der Waals surface area (Å²) < 4.78 is 29.6. The zero-order valence-electron chi connectivity index (χ0n) is 15.8. The molecule has 0 saturated heterocycles. The average molecular weight is 417 g/mol. The second kappa shape index (κ2) is 8.08. The van der Waals surface area contributed by atoms with Gasteiger partial charge in [0.05, 0.1) is 28.1 Å². The van der Waals surface area contributed by atoms with Crippen LogP contribution in [0.2, 0.25) is 5.02 Å². The lowest BCUT2D eigenvalue weighted by Crippen LogP contribution is -2.38. The minimum atomic E-state index is -4.04. The first-order valence-corrected chi connectivity index (χ1v) is 10.4. The van der Waals surface area contributed by atoms with Gasteiger partial charge < -0.3 is 20.5 Å². The topological polar surface area (TPSA) is 105 Å². The summed E-state index contributed by atoms with van der Waals surface area (Å²) in [5.74, 6) is -0.597. The first-order valence-electron chi connectivity index (χ1n) is 8.50. The van der Waals surface area contributed by atoms with Crippen LogP contribution < -0.4 is 10.6 Å². The van der Waals surface area contributed by atoms with Crippen LogP contribution in [0.5, 0.6) is 5.75 Å². The normalized spacial score (nSPS) is 17.5. The van der Waals surface area contributed by atoms with E-state index in [2.05, 4.69) is 10.6 Å². The standard InChI is InChI=1S/C18H25ClN2O5S/c1-11-6-5-7-13(11)20-17(23)21-14-9-8-12(19)16(15(14)22)27(24,25)18(2,3)10-26-4/h6,8-9,13,22H,5,7,10H2,1-4H3,(H2,20,21,23). The van der Waals surface area contributed by atoms with E-state index in [-0.39, 0.29) is 23.4 Å². The fourth-order valence-electron chi connectivity index (χ4n) is 2.95. The van der Waals surface area contributed by atoms with E-state index in [0.717, 1.165) is 18.4 Å². The second-order valence-corrected chi connectivity index (χ2v) is 10.1. The SMILES string of the molecule is COCC(C)(C)S(=O)(=O)c1c(Cl)ccc(NC(=O)NC2CCC=C2C)c1O. The number of rotatable bonds is 6. The largest absolute Gasteiger partial charge is 0.504 e. The molecule has 1 aromatic carbocycles. The number of nitrogens with one attached hydrogen (secondary N) is 2. The van der Waals surface area contributed by atoms with E-state index >= 15 is 0 Å². The van der Waals surface area contributed by atoms with Crippen molar-refractivity contribution in [2.24, 2.45) is 0 Å². The number of carbonyl (C=O) groups is 1. The van der Waals surface area contributed by atoms with Crippen molar-refractivity contribution >= 4 is 33.2 Å². The summed E-state index contributed by atoms with van der Waals surface area (Å²) >= 11 is 6.07. The van der Waals surface area contributed by atoms with Crippen LogP contribution in [-0.2, 0) is 14.6 Å². The molecule has 1 aliphatic rings. The summed E-state index contributed by atoms with van der Waals surface area (Å²) in [4.78, 5) is 11.8. The van der Waals surface area contributed by atoms with Crippen LogP contribution in [0.3, 0.4) is 0 Å². The highest BCUT2D eigenvalue weighted by atomic mass is 35.5. The molecule has 1 aliphatic carbocycles. The highest BCUT2D eigenvalue weighted by molar-refractivity contribution is 7.93. The molecule has 1 atom stereocenters. The highest BCUT2D eigenvalue weighted by Crippen LogP contribution is 2.41. The molecule has 0 radical (unpaired) electrons. The number of amides is 2. The van der Waals surface area contributed by atoms with Crippen molar-refractivity contribution in [3.05, 3.63) is 28.8 Å². The van der Waals surface area contributed by atoms with E-state index < -0.39 is 31.3 Å². The molecule has 0 fully saturated rings. The number of hydrogen-bond acceptors (Lipinski definition) is 5. The Kier molecular flexibility index (Phi) is 6.44. The second-order valence-electron chi connectivity index (χ2n) is 7.15. The van der Waals surface area contributed by atoms with Crippen LogP contribution in [0.1, 0.15) is 33.6 Å². The molecule has 2 amide bonds. The summed E-state index contributed by atoms with van der Waals surface area (Å²) in [7, 11) is -2.65. The molecular weight excluding hydrogens is 392 g/mol. The van der Waals surface area contributed by atoms with Crippen molar-refractivity contribution in [2.75, 3.05) is 19.0 Å². The molecule has 1 aromatic rings. The lowest BCUT2D eigenvalue weighted by atomic mass is 10.2. The Hall–Kier alpha value is -1.77. The third-order valence-corrected chi connectivity index (χ3v) is 7.55. The summed E-state index contributed by atoms with van der Waals surface area (Å²) in [6.07, 6.45) is 3.74. The molecule has 7 nitrogen and oxygen atoms in total. The molecule has 1 unspecified atom stereocenters. The maximum atomic E-state index is 13.0. The van der Waals surface area contributed by atoms with Crippen molar-refractivity contribution < 1.29 is 23.1 Å². The molecule has 0 spiro atoms. The predicted molar refractivity (Wildman–Crippen MR) is 105 cm³/mol. The number of carbonyl (C=O) groups excluding carboxylic acids is 1. The number of sulfone groups is 1. The fourth-order valence-corrected chi connectivity index (χ4v) is 4.93. The van der Waals surface area contributed by atoms with Gasteiger partial charge in [-0.3, -0.25) is 0 Å². The van der Waals surface area contributed by atoms with Crippen LogP contribution in [0.4, 0.5) is 10.5 Å². The van der Waals surface area contributed by atoms with Gasteiger partial charge in [0, 0.05) is 7.11 Å². The predicted octanol–water partition coefficient (Wildman–Crippen LogP) is 3.47. The third-order valence-electron chi connectivity index (χ3n) is 4.60. The van der Waals surface area contributed by atoms with Gasteiger partial charge in [-0.15, -0.1) is 0 Å². The summed E-state index contributed by atoms with van der Waals surface area (Å²) in [5, 5.41) is 15.7. The Balaban J connectivity index is 2.32. The van der Waals surface area contributed by atoms with Crippen molar-refractivity contribution in [3.63, 3.8) is 0 Å². The number of phenolic OH excluding ortho intramolecular Hbond substituents is 1. The van der Waals surface area contributed by atoms with Gasteiger partial charge in [0.25, 0.3) is 0 Å². The minimum absolute atomic E-state index is 0.0386. The molecule has 0 aliphatic heterocycles. The molecule has 27 heavy (non-hydrogen) atoms. The number of halogens is 1. The monoisotopic (exact) mass is 416 g/mol. The Bertz CT molecular complexity index is 865. The van der Waals surface area contributed by atoms with Crippen LogP contribution in [-0.4, -0.2) is 44.1 Å². The lowest BCUT2D eigenvalue weighted by Gasteiger charge is -2.25. The number of ether oxygens (including phenoxy) is 1. The van der Waals surface area contributed by atoms with E-state index in [1.54, 1.807) is 0 Å². The smallest absolute Gasteiger partial charge is 0.319 e. The third kappa shape index (κ3) is 4.39. The number of hydrogen-bond donors (Lipinski definition) is 3. The molecule has 9 heteroatoms. The lowest BCUT2D eigenvalue weighted by molar-refractivity contribution is 0.175. The molecule has 2 rings (SSSR count). The van der Waals surface area contributed by atoms with Gasteiger partial charge in [-0.2, -0.15) is 0 Å². The van der Waals surface area contributed by atoms with E-state index in [9.17, 15) is 18.3 Å². The maximum Gasteiger partial charge on any atom is 0.319 e. The first-order chi connectivity index (χ1) is 12.5. The molecule has 0 saturated carbocycles. The Morgan fingerprint density at radius 3 is 2.63 bits per heavy atom. The van der Waals surface area contributed by atoms with Crippen molar-refractivity contribution in [2.45, 2.75) is 49.3 Å². The van der Waals surface area contributed by atoms with Crippen LogP contribution in [0.15, 0.2) is 28.7 Å². The van der Waals surface area contributed by atoms with Crippen molar-refractivity contribution in [3.8, 4) is 5.75 Å². The molecule has 150 valence electrons. The quantitative estimate of drug-likeness (QED) is 0.486. The number of methoxy groups -OCH3 is 1. The Labute approximate surface area is 164 Å². The number of aromatic hydroxyl groups is 1. The zero-order valence-corrected chi connectivity index (χ0v) is 17.4. The Morgan fingerprint density at radius 2 is 2.07 bits per heavy atom. The summed E-state index contributed by atoms with van der Waals surface area (Å²) in [6, 6.07) is 2.07. The Morgan fingerprint density at radius 1 is 1.41 bits per heavy atom. The minimum Gasteiger partial charge on any atom is -0.504 e. The maximum absolute atomic E-state index is 13.0. The zero-order chi connectivity index (χ0) is 20.4. The van der Waals surface area contributed by atoms with E-state index in [1.807, 2.05) is 13.0 Å². The van der Waals surface area contributed by atoms with Gasteiger partial charge in [0.1, 0.15) is 4.90 Å². The number of allylic oxidation sites excluding steroid dienone is 1. The van der Waals surface area contributed by atoms with E-state index in [0.29, 0.717) is 0 Å². The first kappa shape index (κ1) is 21.5. The van der Waals surface area contributed by atoms with Crippen LogP contribution >= 0.6 is 11.6 Å². The van der Waals surface area contributed by atoms with E-state index in [1.165, 1.54) is 33.1 Å². The van der Waals surface area contributed by atoms with Crippen LogP contribution in [0, 0.1) is 0 Å². The summed E-state index contributed by atoms with van der Waals surface area (Å²) in [5.41, 5.74) is 1.03. The number of benzene rings is 1. The summed E-state index contributed by atoms with van der Waals surface area (Å²) in [6.45, 7) is 4.80. The number of urea groups is 1. The average Bonchev–Trinajstić information content (AvgIpc) is 2.95. The molecule has 0 bridgehead atoms. The molecule has 0 heterocycles. The van der Waals surface area contributed by atoms with Gasteiger partial charge in [-0.1, -0.05) is 23.3 Å². The van der Waals surface area contributed by atoms with Crippen molar-refractivity contribution in [1.29, 1.82) is 0 Å². The van der Waals surface area contributed by atoms with Gasteiger partial charge in [-0.05, 0) is 45.7 Å². The van der Waals surface area contributed by atoms with Gasteiger partial charge in [0.2, 0.25) is 0 Å². The highest BCUT2D eigenvalue weighted by Gasteiger charge is 2.40. The number of anilines is 1.